The van der Waals surface area contributed by atoms with Gasteiger partial charge in [0.05, 0.1) is 18.4 Å². The second kappa shape index (κ2) is 8.06. The fraction of sp³-hybridized carbons (Fsp3) is 0.412. The Balaban J connectivity index is 1.99. The van der Waals surface area contributed by atoms with E-state index in [4.69, 9.17) is 11.6 Å². The predicted molar refractivity (Wildman–Crippen MR) is 101 cm³/mol. The molecule has 0 aliphatic rings. The number of hydrogen-bond donors (Lipinski definition) is 1. The molecule has 1 aromatic heterocycles. The van der Waals surface area contributed by atoms with E-state index in [1.54, 1.807) is 7.05 Å². The molecule has 24 heavy (non-hydrogen) atoms. The standard InChI is InChI=1S/C17H25ClN6/c1-19-16(23(4)12-13-7-6-8-14(18)9-13)20-10-15-11-21-17(22(2)3)24(15)5/h6-9,11H,10,12H2,1-5H3,(H,19,20). The SMILES string of the molecule is CN=C(NCc1cnc(N(C)C)n1C)N(C)Cc1cccc(Cl)c1. The van der Waals surface area contributed by atoms with Crippen LogP contribution in [0.15, 0.2) is 35.5 Å². The number of imidazole rings is 1. The monoisotopic (exact) mass is 348 g/mol. The van der Waals surface area contributed by atoms with Crippen molar-refractivity contribution in [2.75, 3.05) is 33.1 Å². The van der Waals surface area contributed by atoms with Gasteiger partial charge in [0, 0.05) is 46.8 Å². The zero-order chi connectivity index (χ0) is 17.7. The molecule has 0 unspecified atom stereocenters. The number of hydrogen-bond acceptors (Lipinski definition) is 3. The summed E-state index contributed by atoms with van der Waals surface area (Å²) < 4.78 is 2.07. The quantitative estimate of drug-likeness (QED) is 0.665. The van der Waals surface area contributed by atoms with Crippen LogP contribution in [-0.2, 0) is 20.1 Å². The van der Waals surface area contributed by atoms with E-state index in [0.717, 1.165) is 34.7 Å². The van der Waals surface area contributed by atoms with E-state index in [9.17, 15) is 0 Å². The average molecular weight is 349 g/mol. The van der Waals surface area contributed by atoms with Crippen LogP contribution in [0.3, 0.4) is 0 Å². The molecule has 1 aromatic carbocycles. The lowest BCUT2D eigenvalue weighted by Gasteiger charge is -2.22. The number of rotatable bonds is 5. The first-order valence-corrected chi connectivity index (χ1v) is 8.14. The summed E-state index contributed by atoms with van der Waals surface area (Å²) in [6.45, 7) is 1.39. The molecule has 7 heteroatoms. The van der Waals surface area contributed by atoms with Crippen LogP contribution in [0.2, 0.25) is 5.02 Å². The van der Waals surface area contributed by atoms with Gasteiger partial charge in [-0.1, -0.05) is 23.7 Å². The van der Waals surface area contributed by atoms with Crippen LogP contribution in [0.25, 0.3) is 0 Å². The minimum atomic E-state index is 0.657. The second-order valence-electron chi connectivity index (χ2n) is 5.89. The number of benzene rings is 1. The molecule has 1 heterocycles. The van der Waals surface area contributed by atoms with Crippen molar-refractivity contribution in [2.24, 2.45) is 12.0 Å². The Kier molecular flexibility index (Phi) is 6.09. The largest absolute Gasteiger partial charge is 0.351 e. The number of aromatic nitrogens is 2. The van der Waals surface area contributed by atoms with Crippen LogP contribution in [0.1, 0.15) is 11.3 Å². The van der Waals surface area contributed by atoms with Gasteiger partial charge in [-0.2, -0.15) is 0 Å². The Labute approximate surface area is 148 Å². The van der Waals surface area contributed by atoms with Crippen LogP contribution >= 0.6 is 11.6 Å². The molecule has 0 saturated carbocycles. The van der Waals surface area contributed by atoms with Crippen molar-refractivity contribution < 1.29 is 0 Å². The fourth-order valence-electron chi connectivity index (χ4n) is 2.55. The summed E-state index contributed by atoms with van der Waals surface area (Å²) in [6.07, 6.45) is 1.88. The van der Waals surface area contributed by atoms with Gasteiger partial charge in [0.2, 0.25) is 5.95 Å². The zero-order valence-corrected chi connectivity index (χ0v) is 15.7. The first-order chi connectivity index (χ1) is 11.4. The van der Waals surface area contributed by atoms with Crippen LogP contribution in [0.4, 0.5) is 5.95 Å². The van der Waals surface area contributed by atoms with Gasteiger partial charge < -0.3 is 19.7 Å². The first kappa shape index (κ1) is 18.1. The number of anilines is 1. The predicted octanol–water partition coefficient (Wildman–Crippen LogP) is 2.35. The Morgan fingerprint density at radius 3 is 2.67 bits per heavy atom. The van der Waals surface area contributed by atoms with Crippen molar-refractivity contribution in [2.45, 2.75) is 13.1 Å². The summed E-state index contributed by atoms with van der Waals surface area (Å²) in [7, 11) is 9.77. The smallest absolute Gasteiger partial charge is 0.204 e. The minimum absolute atomic E-state index is 0.657. The Bertz CT molecular complexity index is 707. The minimum Gasteiger partial charge on any atom is -0.351 e. The molecule has 0 bridgehead atoms. The molecule has 0 fully saturated rings. The second-order valence-corrected chi connectivity index (χ2v) is 6.33. The molecule has 2 aromatic rings. The van der Waals surface area contributed by atoms with Crippen molar-refractivity contribution in [3.8, 4) is 0 Å². The zero-order valence-electron chi connectivity index (χ0n) is 14.9. The normalized spacial score (nSPS) is 11.5. The average Bonchev–Trinajstić information content (AvgIpc) is 2.89. The third-order valence-electron chi connectivity index (χ3n) is 3.77. The maximum Gasteiger partial charge on any atom is 0.204 e. The first-order valence-electron chi connectivity index (χ1n) is 7.76. The van der Waals surface area contributed by atoms with Crippen LogP contribution in [0.5, 0.6) is 0 Å². The van der Waals surface area contributed by atoms with Gasteiger partial charge in [0.15, 0.2) is 5.96 Å². The van der Waals surface area contributed by atoms with Gasteiger partial charge in [-0.05, 0) is 17.7 Å². The number of nitrogens with zero attached hydrogens (tertiary/aromatic N) is 5. The lowest BCUT2D eigenvalue weighted by molar-refractivity contribution is 0.475. The van der Waals surface area contributed by atoms with Gasteiger partial charge in [-0.15, -0.1) is 0 Å². The van der Waals surface area contributed by atoms with E-state index in [1.807, 2.05) is 57.5 Å². The summed E-state index contributed by atoms with van der Waals surface area (Å²) in [6, 6.07) is 7.86. The molecule has 0 aliphatic carbocycles. The van der Waals surface area contributed by atoms with Crippen molar-refractivity contribution in [1.82, 2.24) is 19.8 Å². The Hall–Kier alpha value is -2.21. The van der Waals surface area contributed by atoms with Gasteiger partial charge in [0.25, 0.3) is 0 Å². The topological polar surface area (TPSA) is 48.7 Å². The number of nitrogens with one attached hydrogen (secondary N) is 1. The van der Waals surface area contributed by atoms with E-state index < -0.39 is 0 Å². The maximum atomic E-state index is 6.05. The molecule has 130 valence electrons. The molecule has 0 amide bonds. The highest BCUT2D eigenvalue weighted by molar-refractivity contribution is 6.30. The number of aliphatic imine (C=N–C) groups is 1. The summed E-state index contributed by atoms with van der Waals surface area (Å²) >= 11 is 6.05. The Morgan fingerprint density at radius 2 is 2.08 bits per heavy atom. The maximum absolute atomic E-state index is 6.05. The van der Waals surface area contributed by atoms with Crippen LogP contribution in [-0.4, -0.2) is 48.6 Å². The molecule has 0 atom stereocenters. The molecule has 0 saturated heterocycles. The third-order valence-corrected chi connectivity index (χ3v) is 4.00. The van der Waals surface area contributed by atoms with Crippen molar-refractivity contribution >= 4 is 23.5 Å². The molecule has 6 nitrogen and oxygen atoms in total. The number of guanidine groups is 1. The molecule has 0 aliphatic heterocycles. The summed E-state index contributed by atoms with van der Waals surface area (Å²) in [4.78, 5) is 12.8. The van der Waals surface area contributed by atoms with Gasteiger partial charge >= 0.3 is 0 Å². The number of halogens is 1. The van der Waals surface area contributed by atoms with E-state index in [1.165, 1.54) is 0 Å². The lowest BCUT2D eigenvalue weighted by Crippen LogP contribution is -2.38. The van der Waals surface area contributed by atoms with Gasteiger partial charge in [-0.25, -0.2) is 4.98 Å². The third kappa shape index (κ3) is 4.41. The van der Waals surface area contributed by atoms with E-state index in [0.29, 0.717) is 6.54 Å². The van der Waals surface area contributed by atoms with Gasteiger partial charge in [0.1, 0.15) is 0 Å². The van der Waals surface area contributed by atoms with E-state index in [2.05, 4.69) is 30.8 Å². The Morgan fingerprint density at radius 1 is 1.33 bits per heavy atom. The molecule has 0 radical (unpaired) electrons. The van der Waals surface area contributed by atoms with E-state index >= 15 is 0 Å². The summed E-state index contributed by atoms with van der Waals surface area (Å²) in [5.74, 6) is 1.75. The highest BCUT2D eigenvalue weighted by Gasteiger charge is 2.11. The van der Waals surface area contributed by atoms with Gasteiger partial charge in [-0.3, -0.25) is 4.99 Å². The molecular weight excluding hydrogens is 324 g/mol. The molecule has 2 rings (SSSR count). The highest BCUT2D eigenvalue weighted by atomic mass is 35.5. The van der Waals surface area contributed by atoms with Crippen LogP contribution in [0, 0.1) is 0 Å². The van der Waals surface area contributed by atoms with E-state index in [-0.39, 0.29) is 0 Å². The highest BCUT2D eigenvalue weighted by Crippen LogP contribution is 2.13. The van der Waals surface area contributed by atoms with Crippen molar-refractivity contribution in [3.63, 3.8) is 0 Å². The van der Waals surface area contributed by atoms with Crippen LogP contribution < -0.4 is 10.2 Å². The molecule has 0 spiro atoms. The summed E-state index contributed by atoms with van der Waals surface area (Å²) in [5, 5.41) is 4.12. The summed E-state index contributed by atoms with van der Waals surface area (Å²) in [5.41, 5.74) is 2.24. The molecule has 1 N–H and O–H groups in total. The fourth-order valence-corrected chi connectivity index (χ4v) is 2.76. The lowest BCUT2D eigenvalue weighted by atomic mass is 10.2. The van der Waals surface area contributed by atoms with Crippen molar-refractivity contribution in [3.05, 3.63) is 46.7 Å². The van der Waals surface area contributed by atoms with Crippen molar-refractivity contribution in [1.29, 1.82) is 0 Å². The molecular formula is C17H25ClN6.